The minimum Gasteiger partial charge on any atom is -0.337 e. The summed E-state index contributed by atoms with van der Waals surface area (Å²) in [5.74, 6) is -0.525. The van der Waals surface area contributed by atoms with Crippen LogP contribution in [0.3, 0.4) is 0 Å². The molecule has 2 aromatic rings. The van der Waals surface area contributed by atoms with E-state index in [1.807, 2.05) is 12.1 Å². The minimum absolute atomic E-state index is 0.0831. The van der Waals surface area contributed by atoms with Crippen LogP contribution in [-0.2, 0) is 9.59 Å². The number of nitrogens with one attached hydrogen (secondary N) is 4. The second-order valence-corrected chi connectivity index (χ2v) is 7.39. The van der Waals surface area contributed by atoms with Gasteiger partial charge in [0.1, 0.15) is 0 Å². The first-order chi connectivity index (χ1) is 12.8. The molecule has 0 radical (unpaired) electrons. The second kappa shape index (κ2) is 10.1. The molecule has 2 aromatic carbocycles. The van der Waals surface area contributed by atoms with E-state index in [0.717, 1.165) is 8.95 Å². The van der Waals surface area contributed by atoms with Crippen LogP contribution in [0.25, 0.3) is 0 Å². The SMILES string of the molecule is CC(=O)Nc1ccc(Br)cc1NC(=O)CCNC(=O)Nc1ccc(Br)cc1. The van der Waals surface area contributed by atoms with E-state index < -0.39 is 6.03 Å². The van der Waals surface area contributed by atoms with Gasteiger partial charge in [-0.05, 0) is 42.5 Å². The summed E-state index contributed by atoms with van der Waals surface area (Å²) in [6, 6.07) is 11.9. The lowest BCUT2D eigenvalue weighted by Crippen LogP contribution is -2.31. The summed E-state index contributed by atoms with van der Waals surface area (Å²) in [6.45, 7) is 1.55. The lowest BCUT2D eigenvalue weighted by atomic mass is 10.2. The van der Waals surface area contributed by atoms with Crippen LogP contribution < -0.4 is 21.3 Å². The lowest BCUT2D eigenvalue weighted by Gasteiger charge is -2.12. The molecule has 9 heteroatoms. The lowest BCUT2D eigenvalue weighted by molar-refractivity contribution is -0.116. The van der Waals surface area contributed by atoms with E-state index in [0.29, 0.717) is 17.1 Å². The topological polar surface area (TPSA) is 99.3 Å². The molecule has 4 amide bonds. The molecule has 7 nitrogen and oxygen atoms in total. The number of anilines is 3. The van der Waals surface area contributed by atoms with Gasteiger partial charge in [-0.2, -0.15) is 0 Å². The fourth-order valence-corrected chi connectivity index (χ4v) is 2.75. The summed E-state index contributed by atoms with van der Waals surface area (Å²) >= 11 is 6.65. The van der Waals surface area contributed by atoms with Gasteiger partial charge < -0.3 is 21.3 Å². The van der Waals surface area contributed by atoms with E-state index in [9.17, 15) is 14.4 Å². The van der Waals surface area contributed by atoms with Gasteiger partial charge in [-0.1, -0.05) is 31.9 Å². The molecule has 0 aliphatic rings. The monoisotopic (exact) mass is 496 g/mol. The molecule has 0 bridgehead atoms. The number of halogens is 2. The fraction of sp³-hybridized carbons (Fsp3) is 0.167. The summed E-state index contributed by atoms with van der Waals surface area (Å²) in [6.07, 6.45) is 0.0831. The zero-order chi connectivity index (χ0) is 19.8. The molecule has 0 aliphatic carbocycles. The molecule has 0 unspecified atom stereocenters. The van der Waals surface area contributed by atoms with Gasteiger partial charge in [-0.15, -0.1) is 0 Å². The molecule has 0 heterocycles. The number of carbonyl (C=O) groups excluding carboxylic acids is 3. The van der Waals surface area contributed by atoms with Crippen molar-refractivity contribution in [2.45, 2.75) is 13.3 Å². The number of benzene rings is 2. The maximum Gasteiger partial charge on any atom is 0.319 e. The molecule has 27 heavy (non-hydrogen) atoms. The molecule has 0 atom stereocenters. The first kappa shape index (κ1) is 20.9. The summed E-state index contributed by atoms with van der Waals surface area (Å²) in [5, 5.41) is 10.7. The highest BCUT2D eigenvalue weighted by molar-refractivity contribution is 9.10. The Hall–Kier alpha value is -2.39. The van der Waals surface area contributed by atoms with Gasteiger partial charge in [0.2, 0.25) is 11.8 Å². The summed E-state index contributed by atoms with van der Waals surface area (Å²) in [5.41, 5.74) is 1.62. The Morgan fingerprint density at radius 1 is 0.852 bits per heavy atom. The minimum atomic E-state index is -0.397. The highest BCUT2D eigenvalue weighted by Crippen LogP contribution is 2.26. The van der Waals surface area contributed by atoms with Crippen molar-refractivity contribution >= 4 is 66.8 Å². The van der Waals surface area contributed by atoms with Crippen molar-refractivity contribution in [3.63, 3.8) is 0 Å². The highest BCUT2D eigenvalue weighted by Gasteiger charge is 2.10. The van der Waals surface area contributed by atoms with Crippen LogP contribution in [0.4, 0.5) is 21.9 Å². The average molecular weight is 498 g/mol. The Kier molecular flexibility index (Phi) is 7.81. The molecule has 2 rings (SSSR count). The average Bonchev–Trinajstić information content (AvgIpc) is 2.59. The predicted octanol–water partition coefficient (Wildman–Crippen LogP) is 4.32. The third-order valence-corrected chi connectivity index (χ3v) is 4.33. The number of amides is 4. The Morgan fingerprint density at radius 2 is 1.52 bits per heavy atom. The normalized spacial score (nSPS) is 10.0. The Labute approximate surface area is 173 Å². The van der Waals surface area contributed by atoms with Crippen LogP contribution in [0.1, 0.15) is 13.3 Å². The zero-order valence-electron chi connectivity index (χ0n) is 14.4. The number of rotatable bonds is 6. The van der Waals surface area contributed by atoms with E-state index in [1.165, 1.54) is 6.92 Å². The van der Waals surface area contributed by atoms with Gasteiger partial charge in [0.15, 0.2) is 0 Å². The number of urea groups is 1. The highest BCUT2D eigenvalue weighted by atomic mass is 79.9. The van der Waals surface area contributed by atoms with Gasteiger partial charge in [-0.3, -0.25) is 9.59 Å². The first-order valence-corrected chi connectivity index (χ1v) is 9.59. The van der Waals surface area contributed by atoms with Crippen LogP contribution >= 0.6 is 31.9 Å². The Bertz CT molecular complexity index is 841. The predicted molar refractivity (Wildman–Crippen MR) is 113 cm³/mol. The number of hydrogen-bond acceptors (Lipinski definition) is 3. The molecule has 0 aromatic heterocycles. The third-order valence-electron chi connectivity index (χ3n) is 3.31. The molecule has 4 N–H and O–H groups in total. The van der Waals surface area contributed by atoms with Crippen molar-refractivity contribution < 1.29 is 14.4 Å². The summed E-state index contributed by atoms with van der Waals surface area (Å²) in [7, 11) is 0. The largest absolute Gasteiger partial charge is 0.337 e. The van der Waals surface area contributed by atoms with Crippen LogP contribution in [0, 0.1) is 0 Å². The van der Waals surface area contributed by atoms with Crippen molar-refractivity contribution in [1.29, 1.82) is 0 Å². The summed E-state index contributed by atoms with van der Waals surface area (Å²) < 4.78 is 1.68. The van der Waals surface area contributed by atoms with Crippen LogP contribution in [0.5, 0.6) is 0 Å². The molecule has 0 saturated heterocycles. The molecule has 142 valence electrons. The van der Waals surface area contributed by atoms with Gasteiger partial charge in [0.25, 0.3) is 0 Å². The van der Waals surface area contributed by atoms with E-state index >= 15 is 0 Å². The van der Waals surface area contributed by atoms with Gasteiger partial charge >= 0.3 is 6.03 Å². The van der Waals surface area contributed by atoms with Crippen molar-refractivity contribution in [2.24, 2.45) is 0 Å². The van der Waals surface area contributed by atoms with E-state index in [4.69, 9.17) is 0 Å². The van der Waals surface area contributed by atoms with Crippen molar-refractivity contribution in [3.8, 4) is 0 Å². The van der Waals surface area contributed by atoms with E-state index in [-0.39, 0.29) is 24.8 Å². The van der Waals surface area contributed by atoms with Crippen molar-refractivity contribution in [2.75, 3.05) is 22.5 Å². The second-order valence-electron chi connectivity index (χ2n) is 5.56. The standard InChI is InChI=1S/C18H18Br2N4O3/c1-11(25)22-15-7-4-13(20)10-16(15)24-17(26)8-9-21-18(27)23-14-5-2-12(19)3-6-14/h2-7,10H,8-9H2,1H3,(H,22,25)(H,24,26)(H2,21,23,27). The number of hydrogen-bond donors (Lipinski definition) is 4. The molecular weight excluding hydrogens is 480 g/mol. The Morgan fingerprint density at radius 3 is 2.19 bits per heavy atom. The quantitative estimate of drug-likeness (QED) is 0.478. The maximum atomic E-state index is 12.1. The number of carbonyl (C=O) groups is 3. The molecular formula is C18H18Br2N4O3. The fourth-order valence-electron chi connectivity index (χ4n) is 2.13. The molecule has 0 spiro atoms. The molecule has 0 aliphatic heterocycles. The van der Waals surface area contributed by atoms with Crippen molar-refractivity contribution in [3.05, 3.63) is 51.4 Å². The van der Waals surface area contributed by atoms with Crippen molar-refractivity contribution in [1.82, 2.24) is 5.32 Å². The smallest absolute Gasteiger partial charge is 0.319 e. The van der Waals surface area contributed by atoms with Gasteiger partial charge in [0.05, 0.1) is 11.4 Å². The zero-order valence-corrected chi connectivity index (χ0v) is 17.6. The maximum absolute atomic E-state index is 12.1. The molecule has 0 saturated carbocycles. The first-order valence-electron chi connectivity index (χ1n) is 8.01. The Balaban J connectivity index is 1.82. The van der Waals surface area contributed by atoms with E-state index in [2.05, 4.69) is 53.1 Å². The molecule has 0 fully saturated rings. The van der Waals surface area contributed by atoms with Gasteiger partial charge in [-0.25, -0.2) is 4.79 Å². The van der Waals surface area contributed by atoms with Crippen LogP contribution in [0.2, 0.25) is 0 Å². The summed E-state index contributed by atoms with van der Waals surface area (Å²) in [4.78, 5) is 35.2. The van der Waals surface area contributed by atoms with E-state index in [1.54, 1.807) is 30.3 Å². The van der Waals surface area contributed by atoms with Crippen LogP contribution in [-0.4, -0.2) is 24.4 Å². The van der Waals surface area contributed by atoms with Crippen LogP contribution in [0.15, 0.2) is 51.4 Å². The third kappa shape index (κ3) is 7.40. The van der Waals surface area contributed by atoms with Gasteiger partial charge in [0, 0.05) is 34.5 Å².